The second-order valence-electron chi connectivity index (χ2n) is 5.53. The maximum Gasteiger partial charge on any atom is 0.252 e. The van der Waals surface area contributed by atoms with E-state index >= 15 is 0 Å². The molecule has 1 atom stereocenters. The first kappa shape index (κ1) is 12.6. The van der Waals surface area contributed by atoms with Gasteiger partial charge in [-0.05, 0) is 32.4 Å². The zero-order valence-corrected chi connectivity index (χ0v) is 11.1. The molecule has 1 unspecified atom stereocenters. The zero-order chi connectivity index (χ0) is 13.2. The fraction of sp³-hybridized carbons (Fsp3) is 0.692. The average molecular weight is 263 g/mol. The third-order valence-corrected chi connectivity index (χ3v) is 4.24. The molecule has 6 nitrogen and oxygen atoms in total. The van der Waals surface area contributed by atoms with Gasteiger partial charge in [-0.1, -0.05) is 0 Å². The first-order chi connectivity index (χ1) is 9.22. The monoisotopic (exact) mass is 263 g/mol. The van der Waals surface area contributed by atoms with E-state index in [1.54, 1.807) is 6.07 Å². The number of aromatic amines is 1. The second-order valence-corrected chi connectivity index (χ2v) is 5.53. The summed E-state index contributed by atoms with van der Waals surface area (Å²) < 4.78 is 0. The summed E-state index contributed by atoms with van der Waals surface area (Å²) in [5, 5.41) is 0. The molecule has 19 heavy (non-hydrogen) atoms. The molecule has 2 aliphatic rings. The number of nitrogens with zero attached hydrogens (tertiary/aromatic N) is 3. The van der Waals surface area contributed by atoms with E-state index in [2.05, 4.69) is 19.8 Å². The van der Waals surface area contributed by atoms with Gasteiger partial charge in [0.15, 0.2) is 0 Å². The van der Waals surface area contributed by atoms with Gasteiger partial charge in [0, 0.05) is 31.2 Å². The fourth-order valence-corrected chi connectivity index (χ4v) is 3.06. The lowest BCUT2D eigenvalue weighted by Gasteiger charge is -2.34. The molecular formula is C13H21N5O. The predicted molar refractivity (Wildman–Crippen MR) is 74.3 cm³/mol. The summed E-state index contributed by atoms with van der Waals surface area (Å²) in [7, 11) is 0. The minimum absolute atomic E-state index is 0.0857. The molecule has 2 saturated heterocycles. The highest BCUT2D eigenvalue weighted by Crippen LogP contribution is 2.22. The van der Waals surface area contributed by atoms with E-state index in [-0.39, 0.29) is 5.56 Å². The summed E-state index contributed by atoms with van der Waals surface area (Å²) in [4.78, 5) is 22.9. The third-order valence-electron chi connectivity index (χ3n) is 4.24. The molecule has 2 fully saturated rings. The number of hydrogen-bond acceptors (Lipinski definition) is 5. The second kappa shape index (κ2) is 5.30. The van der Waals surface area contributed by atoms with Crippen molar-refractivity contribution in [3.05, 3.63) is 22.7 Å². The van der Waals surface area contributed by atoms with E-state index in [0.717, 1.165) is 51.3 Å². The summed E-state index contributed by atoms with van der Waals surface area (Å²) >= 11 is 0. The number of rotatable bonds is 2. The molecule has 0 aromatic carbocycles. The van der Waals surface area contributed by atoms with Gasteiger partial charge in [-0.3, -0.25) is 9.69 Å². The van der Waals surface area contributed by atoms with Gasteiger partial charge >= 0.3 is 0 Å². The standard InChI is InChI=1S/C13H21N5O/c14-10-1-4-17(5-2-10)11-3-6-18(8-11)12-7-13(19)16-9-15-12/h7,9-11H,1-6,8,14H2,(H,15,16,19). The van der Waals surface area contributed by atoms with E-state index in [1.165, 1.54) is 6.33 Å². The van der Waals surface area contributed by atoms with Crippen molar-refractivity contribution in [2.45, 2.75) is 31.3 Å². The van der Waals surface area contributed by atoms with Gasteiger partial charge in [0.25, 0.3) is 5.56 Å². The van der Waals surface area contributed by atoms with Crippen molar-refractivity contribution in [3.8, 4) is 0 Å². The molecule has 0 amide bonds. The summed E-state index contributed by atoms with van der Waals surface area (Å²) in [5.41, 5.74) is 5.86. The lowest BCUT2D eigenvalue weighted by Crippen LogP contribution is -2.46. The summed E-state index contributed by atoms with van der Waals surface area (Å²) in [6.45, 7) is 4.14. The molecule has 0 bridgehead atoms. The number of anilines is 1. The van der Waals surface area contributed by atoms with Gasteiger partial charge in [0.2, 0.25) is 0 Å². The smallest absolute Gasteiger partial charge is 0.252 e. The van der Waals surface area contributed by atoms with E-state index in [0.29, 0.717) is 12.1 Å². The van der Waals surface area contributed by atoms with Crippen LogP contribution in [-0.4, -0.2) is 53.1 Å². The lowest BCUT2D eigenvalue weighted by atomic mass is 10.0. The van der Waals surface area contributed by atoms with Gasteiger partial charge in [-0.15, -0.1) is 0 Å². The van der Waals surface area contributed by atoms with Crippen LogP contribution in [-0.2, 0) is 0 Å². The highest BCUT2D eigenvalue weighted by atomic mass is 16.1. The van der Waals surface area contributed by atoms with Crippen molar-refractivity contribution in [2.75, 3.05) is 31.1 Å². The van der Waals surface area contributed by atoms with Crippen LogP contribution in [0.1, 0.15) is 19.3 Å². The molecule has 2 aliphatic heterocycles. The van der Waals surface area contributed by atoms with Gasteiger partial charge < -0.3 is 15.6 Å². The van der Waals surface area contributed by atoms with Crippen molar-refractivity contribution in [2.24, 2.45) is 5.73 Å². The number of piperidine rings is 1. The molecule has 1 aromatic rings. The Morgan fingerprint density at radius 2 is 2.05 bits per heavy atom. The SMILES string of the molecule is NC1CCN(C2CCN(c3cc(=O)[nH]cn3)C2)CC1. The third kappa shape index (κ3) is 2.79. The van der Waals surface area contributed by atoms with Crippen molar-refractivity contribution < 1.29 is 0 Å². The first-order valence-corrected chi connectivity index (χ1v) is 7.01. The topological polar surface area (TPSA) is 78.2 Å². The number of hydrogen-bond donors (Lipinski definition) is 2. The molecule has 104 valence electrons. The Bertz CT molecular complexity index is 480. The molecule has 1 aromatic heterocycles. The van der Waals surface area contributed by atoms with Gasteiger partial charge in [-0.2, -0.15) is 0 Å². The number of H-pyrrole nitrogens is 1. The fourth-order valence-electron chi connectivity index (χ4n) is 3.06. The Labute approximate surface area is 112 Å². The maximum absolute atomic E-state index is 11.3. The summed E-state index contributed by atoms with van der Waals surface area (Å²) in [6.07, 6.45) is 4.81. The predicted octanol–water partition coefficient (Wildman–Crippen LogP) is -0.228. The van der Waals surface area contributed by atoms with Gasteiger partial charge in [-0.25, -0.2) is 4.98 Å². The van der Waals surface area contributed by atoms with Crippen LogP contribution in [0.5, 0.6) is 0 Å². The first-order valence-electron chi connectivity index (χ1n) is 7.01. The Balaban J connectivity index is 1.62. The average Bonchev–Trinajstić information content (AvgIpc) is 2.89. The molecule has 0 saturated carbocycles. The Morgan fingerprint density at radius 1 is 1.26 bits per heavy atom. The van der Waals surface area contributed by atoms with E-state index in [4.69, 9.17) is 5.73 Å². The van der Waals surface area contributed by atoms with E-state index < -0.39 is 0 Å². The number of nitrogens with one attached hydrogen (secondary N) is 1. The molecule has 6 heteroatoms. The van der Waals surface area contributed by atoms with Crippen LogP contribution in [0.2, 0.25) is 0 Å². The lowest BCUT2D eigenvalue weighted by molar-refractivity contribution is 0.163. The molecule has 3 rings (SSSR count). The normalized spacial score (nSPS) is 25.9. The highest BCUT2D eigenvalue weighted by molar-refractivity contribution is 5.38. The van der Waals surface area contributed by atoms with Crippen molar-refractivity contribution in [1.82, 2.24) is 14.9 Å². The summed E-state index contributed by atoms with van der Waals surface area (Å²) in [5.74, 6) is 0.792. The molecule has 3 N–H and O–H groups in total. The Kier molecular flexibility index (Phi) is 3.52. The number of likely N-dealkylation sites (tertiary alicyclic amines) is 1. The highest BCUT2D eigenvalue weighted by Gasteiger charge is 2.30. The molecule has 3 heterocycles. The van der Waals surface area contributed by atoms with Crippen molar-refractivity contribution in [3.63, 3.8) is 0 Å². The van der Waals surface area contributed by atoms with Gasteiger partial charge in [0.05, 0.1) is 6.33 Å². The minimum atomic E-state index is -0.0857. The van der Waals surface area contributed by atoms with Crippen molar-refractivity contribution >= 4 is 5.82 Å². The number of aromatic nitrogens is 2. The zero-order valence-electron chi connectivity index (χ0n) is 11.1. The van der Waals surface area contributed by atoms with Crippen LogP contribution in [0.25, 0.3) is 0 Å². The quantitative estimate of drug-likeness (QED) is 0.771. The van der Waals surface area contributed by atoms with Crippen LogP contribution in [0.3, 0.4) is 0 Å². The van der Waals surface area contributed by atoms with Crippen LogP contribution >= 0.6 is 0 Å². The van der Waals surface area contributed by atoms with E-state index in [1.807, 2.05) is 0 Å². The molecule has 0 spiro atoms. The molecular weight excluding hydrogens is 242 g/mol. The summed E-state index contributed by atoms with van der Waals surface area (Å²) in [6, 6.07) is 2.53. The van der Waals surface area contributed by atoms with Crippen LogP contribution < -0.4 is 16.2 Å². The Hall–Kier alpha value is -1.40. The van der Waals surface area contributed by atoms with Gasteiger partial charge in [0.1, 0.15) is 5.82 Å². The Morgan fingerprint density at radius 3 is 2.79 bits per heavy atom. The maximum atomic E-state index is 11.3. The minimum Gasteiger partial charge on any atom is -0.355 e. The van der Waals surface area contributed by atoms with Crippen LogP contribution in [0, 0.1) is 0 Å². The molecule has 0 radical (unpaired) electrons. The van der Waals surface area contributed by atoms with Crippen LogP contribution in [0.4, 0.5) is 5.82 Å². The van der Waals surface area contributed by atoms with E-state index in [9.17, 15) is 4.79 Å². The number of nitrogens with two attached hydrogens (primary N) is 1. The largest absolute Gasteiger partial charge is 0.355 e. The van der Waals surface area contributed by atoms with Crippen LogP contribution in [0.15, 0.2) is 17.2 Å². The molecule has 0 aliphatic carbocycles. The van der Waals surface area contributed by atoms with Crippen molar-refractivity contribution in [1.29, 1.82) is 0 Å².